The Labute approximate surface area is 121 Å². The highest BCUT2D eigenvalue weighted by Crippen LogP contribution is 2.33. The molecule has 1 aliphatic carbocycles. The molecule has 0 radical (unpaired) electrons. The van der Waals surface area contributed by atoms with Crippen molar-refractivity contribution in [1.29, 1.82) is 0 Å². The summed E-state index contributed by atoms with van der Waals surface area (Å²) in [6.07, 6.45) is 3.69. The largest absolute Gasteiger partial charge is 0.381 e. The third kappa shape index (κ3) is 3.47. The molecule has 3 atom stereocenters. The number of nitro groups is 1. The lowest BCUT2D eigenvalue weighted by Crippen LogP contribution is -2.33. The zero-order valence-electron chi connectivity index (χ0n) is 11.2. The van der Waals surface area contributed by atoms with E-state index < -0.39 is 0 Å². The molecule has 5 heteroatoms. The van der Waals surface area contributed by atoms with Gasteiger partial charge in [0, 0.05) is 28.3 Å². The van der Waals surface area contributed by atoms with Crippen molar-refractivity contribution in [3.8, 4) is 0 Å². The maximum atomic E-state index is 10.7. The van der Waals surface area contributed by atoms with Gasteiger partial charge in [-0.3, -0.25) is 10.1 Å². The summed E-state index contributed by atoms with van der Waals surface area (Å²) < 4.78 is 0.757. The third-order valence-corrected chi connectivity index (χ3v) is 4.62. The van der Waals surface area contributed by atoms with Gasteiger partial charge in [-0.2, -0.15) is 0 Å². The molecule has 0 saturated heterocycles. The Morgan fingerprint density at radius 1 is 1.37 bits per heavy atom. The van der Waals surface area contributed by atoms with Crippen molar-refractivity contribution >= 4 is 27.3 Å². The van der Waals surface area contributed by atoms with E-state index in [-0.39, 0.29) is 10.6 Å². The molecule has 1 aromatic carbocycles. The molecule has 1 aromatic rings. The molecule has 104 valence electrons. The van der Waals surface area contributed by atoms with Crippen LogP contribution in [0.1, 0.15) is 33.1 Å². The molecular weight excluding hydrogens is 308 g/mol. The first-order chi connectivity index (χ1) is 8.97. The van der Waals surface area contributed by atoms with Gasteiger partial charge in [0.25, 0.3) is 5.69 Å². The summed E-state index contributed by atoms with van der Waals surface area (Å²) in [6.45, 7) is 4.55. The van der Waals surface area contributed by atoms with Crippen LogP contribution in [-0.2, 0) is 0 Å². The standard InChI is InChI=1S/C14H19BrN2O2/c1-9-3-4-10(2)14(7-9)16-13-6-5-11(17(18)19)8-12(13)15/h5-6,8-10,14,16H,3-4,7H2,1-2H3. The topological polar surface area (TPSA) is 55.2 Å². The van der Waals surface area contributed by atoms with Crippen molar-refractivity contribution in [2.45, 2.75) is 39.2 Å². The quantitative estimate of drug-likeness (QED) is 0.652. The maximum absolute atomic E-state index is 10.7. The second-order valence-electron chi connectivity index (χ2n) is 5.57. The Hall–Kier alpha value is -1.10. The highest BCUT2D eigenvalue weighted by atomic mass is 79.9. The Bertz CT molecular complexity index is 479. The van der Waals surface area contributed by atoms with Crippen molar-refractivity contribution in [3.63, 3.8) is 0 Å². The molecule has 0 aromatic heterocycles. The van der Waals surface area contributed by atoms with Crippen LogP contribution in [0.15, 0.2) is 22.7 Å². The molecule has 3 unspecified atom stereocenters. The first-order valence-electron chi connectivity index (χ1n) is 6.68. The molecule has 0 heterocycles. The minimum absolute atomic E-state index is 0.113. The number of hydrogen-bond donors (Lipinski definition) is 1. The second-order valence-corrected chi connectivity index (χ2v) is 6.42. The van der Waals surface area contributed by atoms with Gasteiger partial charge in [0.1, 0.15) is 0 Å². The van der Waals surface area contributed by atoms with Crippen LogP contribution in [0.2, 0.25) is 0 Å². The van der Waals surface area contributed by atoms with Gasteiger partial charge in [0.05, 0.1) is 4.92 Å². The van der Waals surface area contributed by atoms with Crippen molar-refractivity contribution in [2.75, 3.05) is 5.32 Å². The monoisotopic (exact) mass is 326 g/mol. The summed E-state index contributed by atoms with van der Waals surface area (Å²) in [5.41, 5.74) is 1.05. The van der Waals surface area contributed by atoms with Crippen LogP contribution < -0.4 is 5.32 Å². The van der Waals surface area contributed by atoms with E-state index in [9.17, 15) is 10.1 Å². The lowest BCUT2D eigenvalue weighted by Gasteiger charge is -2.34. The Morgan fingerprint density at radius 3 is 2.74 bits per heavy atom. The van der Waals surface area contributed by atoms with Crippen LogP contribution >= 0.6 is 15.9 Å². The van der Waals surface area contributed by atoms with Crippen molar-refractivity contribution in [2.24, 2.45) is 11.8 Å². The summed E-state index contributed by atoms with van der Waals surface area (Å²) in [5, 5.41) is 14.2. The van der Waals surface area contributed by atoms with Crippen molar-refractivity contribution in [3.05, 3.63) is 32.8 Å². The van der Waals surface area contributed by atoms with Gasteiger partial charge in [0.2, 0.25) is 0 Å². The maximum Gasteiger partial charge on any atom is 0.270 e. The van der Waals surface area contributed by atoms with Gasteiger partial charge in [-0.25, -0.2) is 0 Å². The number of anilines is 1. The van der Waals surface area contributed by atoms with Crippen LogP contribution in [-0.4, -0.2) is 11.0 Å². The minimum Gasteiger partial charge on any atom is -0.381 e. The number of hydrogen-bond acceptors (Lipinski definition) is 3. The highest BCUT2D eigenvalue weighted by Gasteiger charge is 2.25. The molecule has 1 fully saturated rings. The molecule has 19 heavy (non-hydrogen) atoms. The van der Waals surface area contributed by atoms with E-state index in [2.05, 4.69) is 35.1 Å². The van der Waals surface area contributed by atoms with E-state index in [1.54, 1.807) is 18.2 Å². The SMILES string of the molecule is CC1CCC(C)C(Nc2ccc([N+](=O)[O-])cc2Br)C1. The van der Waals surface area contributed by atoms with Crippen LogP contribution in [0, 0.1) is 22.0 Å². The van der Waals surface area contributed by atoms with E-state index in [1.165, 1.54) is 12.8 Å². The van der Waals surface area contributed by atoms with E-state index >= 15 is 0 Å². The van der Waals surface area contributed by atoms with Gasteiger partial charge in [-0.1, -0.05) is 20.3 Å². The molecule has 0 bridgehead atoms. The minimum atomic E-state index is -0.375. The number of benzene rings is 1. The Balaban J connectivity index is 2.12. The zero-order valence-corrected chi connectivity index (χ0v) is 12.8. The summed E-state index contributed by atoms with van der Waals surface area (Å²) in [6, 6.07) is 5.33. The molecule has 0 spiro atoms. The van der Waals surface area contributed by atoms with Gasteiger partial charge >= 0.3 is 0 Å². The number of nitrogens with zero attached hydrogens (tertiary/aromatic N) is 1. The van der Waals surface area contributed by atoms with Crippen LogP contribution in [0.25, 0.3) is 0 Å². The summed E-state index contributed by atoms with van der Waals surface area (Å²) in [4.78, 5) is 10.3. The van der Waals surface area contributed by atoms with Gasteiger partial charge in [0.15, 0.2) is 0 Å². The van der Waals surface area contributed by atoms with E-state index in [1.807, 2.05) is 0 Å². The Morgan fingerprint density at radius 2 is 2.11 bits per heavy atom. The molecular formula is C14H19BrN2O2. The predicted molar refractivity (Wildman–Crippen MR) is 80.4 cm³/mol. The Kier molecular flexibility index (Phi) is 4.45. The molecule has 4 nitrogen and oxygen atoms in total. The molecule has 2 rings (SSSR count). The van der Waals surface area contributed by atoms with E-state index in [4.69, 9.17) is 0 Å². The summed E-state index contributed by atoms with van der Waals surface area (Å²) in [7, 11) is 0. The smallest absolute Gasteiger partial charge is 0.270 e. The van der Waals surface area contributed by atoms with Gasteiger partial charge < -0.3 is 5.32 Å². The summed E-state index contributed by atoms with van der Waals surface area (Å²) >= 11 is 3.41. The fraction of sp³-hybridized carbons (Fsp3) is 0.571. The fourth-order valence-corrected chi connectivity index (χ4v) is 3.15. The molecule has 1 aliphatic rings. The number of rotatable bonds is 3. The molecule has 0 aliphatic heterocycles. The summed E-state index contributed by atoms with van der Waals surface area (Å²) in [5.74, 6) is 1.38. The second kappa shape index (κ2) is 5.90. The highest BCUT2D eigenvalue weighted by molar-refractivity contribution is 9.10. The number of non-ortho nitro benzene ring substituents is 1. The molecule has 0 amide bonds. The van der Waals surface area contributed by atoms with Crippen LogP contribution in [0.5, 0.6) is 0 Å². The van der Waals surface area contributed by atoms with E-state index in [0.717, 1.165) is 22.5 Å². The number of halogens is 1. The lowest BCUT2D eigenvalue weighted by atomic mass is 9.80. The predicted octanol–water partition coefficient (Wildman–Crippen LogP) is 4.59. The van der Waals surface area contributed by atoms with E-state index in [0.29, 0.717) is 12.0 Å². The average molecular weight is 327 g/mol. The van der Waals surface area contributed by atoms with Crippen molar-refractivity contribution < 1.29 is 4.92 Å². The molecule has 1 N–H and O–H groups in total. The number of nitrogens with one attached hydrogen (secondary N) is 1. The first kappa shape index (κ1) is 14.3. The lowest BCUT2D eigenvalue weighted by molar-refractivity contribution is -0.384. The van der Waals surface area contributed by atoms with Crippen molar-refractivity contribution in [1.82, 2.24) is 0 Å². The fourth-order valence-electron chi connectivity index (χ4n) is 2.67. The average Bonchev–Trinajstić information content (AvgIpc) is 2.36. The van der Waals surface area contributed by atoms with Crippen LogP contribution in [0.3, 0.4) is 0 Å². The number of nitro benzene ring substituents is 1. The van der Waals surface area contributed by atoms with Crippen LogP contribution in [0.4, 0.5) is 11.4 Å². The third-order valence-electron chi connectivity index (χ3n) is 3.96. The zero-order chi connectivity index (χ0) is 14.0. The normalized spacial score (nSPS) is 27.0. The first-order valence-corrected chi connectivity index (χ1v) is 7.47. The van der Waals surface area contributed by atoms with Gasteiger partial charge in [-0.05, 0) is 46.7 Å². The molecule has 1 saturated carbocycles. The van der Waals surface area contributed by atoms with Gasteiger partial charge in [-0.15, -0.1) is 0 Å².